The fourth-order valence-electron chi connectivity index (χ4n) is 3.09. The maximum absolute atomic E-state index is 12.2. The third-order valence-corrected chi connectivity index (χ3v) is 4.21. The Morgan fingerprint density at radius 3 is 2.52 bits per heavy atom. The first kappa shape index (κ1) is 19.2. The normalized spacial score (nSPS) is 28.4. The fraction of sp³-hybridized carbons (Fsp3) is 0.529. The number of amides is 1. The fourth-order valence-corrected chi connectivity index (χ4v) is 3.09. The molecule has 10 heteroatoms. The van der Waals surface area contributed by atoms with Crippen LogP contribution in [-0.4, -0.2) is 53.7 Å². The highest BCUT2D eigenvalue weighted by Gasteiger charge is 2.55. The summed E-state index contributed by atoms with van der Waals surface area (Å²) in [5.74, 6) is -1.77. The summed E-state index contributed by atoms with van der Waals surface area (Å²) in [7, 11) is 0. The zero-order valence-electron chi connectivity index (χ0n) is 15.0. The lowest BCUT2D eigenvalue weighted by Crippen LogP contribution is -2.49. The van der Waals surface area contributed by atoms with E-state index in [1.54, 1.807) is 13.8 Å². The minimum atomic E-state index is -0.841. The van der Waals surface area contributed by atoms with Gasteiger partial charge < -0.3 is 24.3 Å². The first-order chi connectivity index (χ1) is 12.7. The molecule has 10 nitrogen and oxygen atoms in total. The molecule has 0 aromatic heterocycles. The van der Waals surface area contributed by atoms with Crippen molar-refractivity contribution in [3.05, 3.63) is 39.9 Å². The van der Waals surface area contributed by atoms with Crippen molar-refractivity contribution in [3.63, 3.8) is 0 Å². The molecule has 1 aromatic rings. The Morgan fingerprint density at radius 1 is 1.26 bits per heavy atom. The first-order valence-electron chi connectivity index (χ1n) is 8.36. The molecule has 0 saturated carbocycles. The third-order valence-electron chi connectivity index (χ3n) is 4.21. The maximum Gasteiger partial charge on any atom is 0.338 e. The van der Waals surface area contributed by atoms with E-state index < -0.39 is 41.2 Å². The number of non-ortho nitro benzene ring substituents is 1. The molecule has 0 radical (unpaired) electrons. The Kier molecular flexibility index (Phi) is 5.13. The summed E-state index contributed by atoms with van der Waals surface area (Å²) in [4.78, 5) is 33.8. The number of carbonyl (C=O) groups is 2. The molecule has 3 rings (SSSR count). The minimum absolute atomic E-state index is 0.124. The number of benzene rings is 1. The molecule has 2 aliphatic heterocycles. The van der Waals surface area contributed by atoms with Crippen LogP contribution < -0.4 is 5.32 Å². The van der Waals surface area contributed by atoms with Gasteiger partial charge in [-0.15, -0.1) is 0 Å². The number of hydrogen-bond acceptors (Lipinski definition) is 8. The van der Waals surface area contributed by atoms with Gasteiger partial charge in [-0.05, 0) is 26.0 Å². The average Bonchev–Trinajstić information content (AvgIpc) is 3.05. The van der Waals surface area contributed by atoms with Crippen LogP contribution in [0.2, 0.25) is 0 Å². The Labute approximate surface area is 154 Å². The standard InChI is InChI=1S/C17H20N2O8/c1-9(20)18-13-12(25-16-14(13)26-17(2,3)27-16)8-24-15(21)10-4-6-11(7-5-10)19(22)23/h4-7,12-14,16H,8H2,1-3H3,(H,18,20)/t12-,13+,14+,16-/m0/s1. The summed E-state index contributed by atoms with van der Waals surface area (Å²) >= 11 is 0. The molecular formula is C17H20N2O8. The summed E-state index contributed by atoms with van der Waals surface area (Å²) in [6.45, 7) is 4.71. The van der Waals surface area contributed by atoms with Crippen LogP contribution in [-0.2, 0) is 23.7 Å². The van der Waals surface area contributed by atoms with Crippen molar-refractivity contribution in [3.8, 4) is 0 Å². The van der Waals surface area contributed by atoms with Gasteiger partial charge in [0.2, 0.25) is 5.91 Å². The van der Waals surface area contributed by atoms with Crippen LogP contribution >= 0.6 is 0 Å². The molecule has 1 N–H and O–H groups in total. The van der Waals surface area contributed by atoms with E-state index in [2.05, 4.69) is 5.32 Å². The number of nitrogens with zero attached hydrogens (tertiary/aromatic N) is 1. The van der Waals surface area contributed by atoms with Crippen LogP contribution in [0.3, 0.4) is 0 Å². The van der Waals surface area contributed by atoms with E-state index in [0.717, 1.165) is 0 Å². The average molecular weight is 380 g/mol. The van der Waals surface area contributed by atoms with Crippen LogP contribution in [0.1, 0.15) is 31.1 Å². The van der Waals surface area contributed by atoms with Crippen molar-refractivity contribution in [1.29, 1.82) is 0 Å². The predicted octanol–water partition coefficient (Wildman–Crippen LogP) is 1.13. The van der Waals surface area contributed by atoms with Crippen LogP contribution in [0.15, 0.2) is 24.3 Å². The van der Waals surface area contributed by atoms with Gasteiger partial charge in [0.15, 0.2) is 12.1 Å². The summed E-state index contributed by atoms with van der Waals surface area (Å²) < 4.78 is 22.4. The summed E-state index contributed by atoms with van der Waals surface area (Å²) in [6, 6.07) is 4.52. The van der Waals surface area contributed by atoms with Crippen molar-refractivity contribution in [2.75, 3.05) is 6.61 Å². The molecule has 2 aliphatic rings. The number of ether oxygens (including phenoxy) is 4. The van der Waals surface area contributed by atoms with Gasteiger partial charge >= 0.3 is 5.97 Å². The molecule has 0 unspecified atom stereocenters. The van der Waals surface area contributed by atoms with Crippen LogP contribution in [0.5, 0.6) is 0 Å². The molecule has 1 aromatic carbocycles. The zero-order chi connectivity index (χ0) is 19.8. The van der Waals surface area contributed by atoms with Crippen molar-refractivity contribution >= 4 is 17.6 Å². The molecular weight excluding hydrogens is 360 g/mol. The molecule has 4 atom stereocenters. The van der Waals surface area contributed by atoms with Gasteiger partial charge in [0.05, 0.1) is 16.5 Å². The van der Waals surface area contributed by atoms with Crippen molar-refractivity contribution in [2.24, 2.45) is 0 Å². The largest absolute Gasteiger partial charge is 0.459 e. The number of nitro benzene ring substituents is 1. The number of rotatable bonds is 5. The quantitative estimate of drug-likeness (QED) is 0.458. The topological polar surface area (TPSA) is 126 Å². The number of nitrogens with one attached hydrogen (secondary N) is 1. The van der Waals surface area contributed by atoms with E-state index in [4.69, 9.17) is 18.9 Å². The number of hydrogen-bond donors (Lipinski definition) is 1. The maximum atomic E-state index is 12.2. The lowest BCUT2D eigenvalue weighted by Gasteiger charge is -2.25. The Morgan fingerprint density at radius 2 is 1.93 bits per heavy atom. The van der Waals surface area contributed by atoms with E-state index in [9.17, 15) is 19.7 Å². The second-order valence-corrected chi connectivity index (χ2v) is 6.77. The van der Waals surface area contributed by atoms with E-state index in [1.807, 2.05) is 0 Å². The molecule has 0 aliphatic carbocycles. The lowest BCUT2D eigenvalue weighted by atomic mass is 10.1. The Hall–Kier alpha value is -2.56. The Balaban J connectivity index is 1.63. The van der Waals surface area contributed by atoms with Gasteiger partial charge in [0.1, 0.15) is 18.8 Å². The van der Waals surface area contributed by atoms with E-state index in [1.165, 1.54) is 31.2 Å². The summed E-state index contributed by atoms with van der Waals surface area (Å²) in [5.41, 5.74) is 0.0460. The summed E-state index contributed by atoms with van der Waals surface area (Å²) in [5, 5.41) is 13.4. The molecule has 146 valence electrons. The van der Waals surface area contributed by atoms with Crippen LogP contribution in [0.25, 0.3) is 0 Å². The molecule has 2 fully saturated rings. The van der Waals surface area contributed by atoms with E-state index >= 15 is 0 Å². The minimum Gasteiger partial charge on any atom is -0.459 e. The van der Waals surface area contributed by atoms with Gasteiger partial charge in [-0.3, -0.25) is 14.9 Å². The number of nitro groups is 1. The monoisotopic (exact) mass is 380 g/mol. The molecule has 1 amide bonds. The molecule has 27 heavy (non-hydrogen) atoms. The first-order valence-corrected chi connectivity index (χ1v) is 8.36. The molecule has 0 bridgehead atoms. The van der Waals surface area contributed by atoms with Crippen LogP contribution in [0.4, 0.5) is 5.69 Å². The predicted molar refractivity (Wildman–Crippen MR) is 89.7 cm³/mol. The van der Waals surface area contributed by atoms with Crippen molar-refractivity contribution in [1.82, 2.24) is 5.32 Å². The number of esters is 1. The second-order valence-electron chi connectivity index (χ2n) is 6.77. The second kappa shape index (κ2) is 7.22. The Bertz CT molecular complexity index is 748. The molecule has 0 spiro atoms. The van der Waals surface area contributed by atoms with Gasteiger partial charge in [0.25, 0.3) is 5.69 Å². The van der Waals surface area contributed by atoms with Gasteiger partial charge in [-0.2, -0.15) is 0 Å². The highest BCUT2D eigenvalue weighted by Crippen LogP contribution is 2.37. The van der Waals surface area contributed by atoms with Crippen molar-refractivity contribution < 1.29 is 33.5 Å². The van der Waals surface area contributed by atoms with E-state index in [-0.39, 0.29) is 23.8 Å². The van der Waals surface area contributed by atoms with Gasteiger partial charge in [-0.1, -0.05) is 0 Å². The molecule has 2 heterocycles. The lowest BCUT2D eigenvalue weighted by molar-refractivity contribution is -0.384. The van der Waals surface area contributed by atoms with Crippen molar-refractivity contribution in [2.45, 2.75) is 51.1 Å². The SMILES string of the molecule is CC(=O)N[C@H]1[C@H]2OC(C)(C)O[C@@H]2O[C@H]1COC(=O)c1ccc([N+](=O)[O-])cc1. The smallest absolute Gasteiger partial charge is 0.338 e. The highest BCUT2D eigenvalue weighted by molar-refractivity contribution is 5.89. The highest BCUT2D eigenvalue weighted by atomic mass is 16.8. The number of carbonyl (C=O) groups excluding carboxylic acids is 2. The third kappa shape index (κ3) is 4.24. The van der Waals surface area contributed by atoms with Gasteiger partial charge in [0, 0.05) is 19.1 Å². The van der Waals surface area contributed by atoms with Crippen LogP contribution in [0, 0.1) is 10.1 Å². The summed E-state index contributed by atoms with van der Waals surface area (Å²) in [6.07, 6.45) is -1.85. The molecule has 2 saturated heterocycles. The zero-order valence-corrected chi connectivity index (χ0v) is 15.0. The van der Waals surface area contributed by atoms with E-state index in [0.29, 0.717) is 0 Å². The van der Waals surface area contributed by atoms with Gasteiger partial charge in [-0.25, -0.2) is 4.79 Å². The number of fused-ring (bicyclic) bond motifs is 1.